The number of nitrogens with zero attached hydrogens (tertiary/aromatic N) is 4. The van der Waals surface area contributed by atoms with Crippen LogP contribution in [0.5, 0.6) is 0 Å². The van der Waals surface area contributed by atoms with Crippen LogP contribution in [0.3, 0.4) is 0 Å². The van der Waals surface area contributed by atoms with Gasteiger partial charge < -0.3 is 5.43 Å². The fraction of sp³-hybridized carbons (Fsp3) is 0.267. The van der Waals surface area contributed by atoms with Crippen LogP contribution in [0.25, 0.3) is 17.0 Å². The van der Waals surface area contributed by atoms with Crippen LogP contribution in [0.2, 0.25) is 0 Å². The molecule has 4 rings (SSSR count). The molecule has 0 saturated heterocycles. The van der Waals surface area contributed by atoms with E-state index in [0.29, 0.717) is 0 Å². The van der Waals surface area contributed by atoms with Crippen LogP contribution in [-0.4, -0.2) is 19.6 Å². The molecular weight excluding hydrogens is 264 g/mol. The van der Waals surface area contributed by atoms with E-state index >= 15 is 0 Å². The van der Waals surface area contributed by atoms with E-state index in [2.05, 4.69) is 15.5 Å². The predicted octanol–water partition coefficient (Wildman–Crippen LogP) is 1.96. The van der Waals surface area contributed by atoms with E-state index in [1.165, 1.54) is 18.4 Å². The number of hydrogen-bond acceptors (Lipinski definition) is 5. The Morgan fingerprint density at radius 3 is 2.86 bits per heavy atom. The smallest absolute Gasteiger partial charge is 0.158 e. The molecule has 0 saturated carbocycles. The maximum absolute atomic E-state index is 5.73. The fourth-order valence-corrected chi connectivity index (χ4v) is 2.94. The third-order valence-electron chi connectivity index (χ3n) is 3.94. The summed E-state index contributed by atoms with van der Waals surface area (Å²) in [5.41, 5.74) is 7.58. The largest absolute Gasteiger partial charge is 0.308 e. The first-order chi connectivity index (χ1) is 10.4. The minimum absolute atomic E-state index is 0.807. The molecule has 21 heavy (non-hydrogen) atoms. The van der Waals surface area contributed by atoms with Crippen molar-refractivity contribution < 1.29 is 0 Å². The van der Waals surface area contributed by atoms with Gasteiger partial charge in [0, 0.05) is 23.5 Å². The van der Waals surface area contributed by atoms with Crippen LogP contribution in [0.4, 0.5) is 5.82 Å². The maximum atomic E-state index is 5.73. The summed E-state index contributed by atoms with van der Waals surface area (Å²) < 4.78 is 1.79. The van der Waals surface area contributed by atoms with Crippen molar-refractivity contribution in [3.8, 4) is 11.4 Å². The number of aryl methyl sites for hydroxylation is 1. The predicted molar refractivity (Wildman–Crippen MR) is 80.7 cm³/mol. The number of hydrogen-bond donors (Lipinski definition) is 2. The van der Waals surface area contributed by atoms with Crippen LogP contribution >= 0.6 is 0 Å². The summed E-state index contributed by atoms with van der Waals surface area (Å²) in [6.45, 7) is 0. The average Bonchev–Trinajstić information content (AvgIpc) is 2.97. The highest BCUT2D eigenvalue weighted by molar-refractivity contribution is 5.64. The van der Waals surface area contributed by atoms with Gasteiger partial charge in [0.1, 0.15) is 11.5 Å². The number of nitrogens with one attached hydrogen (secondary N) is 1. The van der Waals surface area contributed by atoms with Crippen molar-refractivity contribution >= 4 is 11.5 Å². The number of rotatable bonds is 2. The first-order valence-corrected chi connectivity index (χ1v) is 7.16. The lowest BCUT2D eigenvalue weighted by Crippen LogP contribution is -2.18. The zero-order chi connectivity index (χ0) is 14.2. The van der Waals surface area contributed by atoms with Gasteiger partial charge in [0.15, 0.2) is 5.65 Å². The fourth-order valence-electron chi connectivity index (χ4n) is 2.94. The number of aromatic nitrogens is 4. The van der Waals surface area contributed by atoms with Crippen LogP contribution in [0, 0.1) is 0 Å². The zero-order valence-corrected chi connectivity index (χ0v) is 11.6. The van der Waals surface area contributed by atoms with Crippen molar-refractivity contribution in [1.29, 1.82) is 0 Å². The molecule has 6 heteroatoms. The molecule has 0 aliphatic heterocycles. The highest BCUT2D eigenvalue weighted by Gasteiger charge is 2.19. The van der Waals surface area contributed by atoms with Crippen molar-refractivity contribution in [1.82, 2.24) is 19.6 Å². The second-order valence-electron chi connectivity index (χ2n) is 5.25. The Morgan fingerprint density at radius 1 is 1.14 bits per heavy atom. The van der Waals surface area contributed by atoms with Crippen molar-refractivity contribution in [3.05, 3.63) is 41.7 Å². The molecule has 0 aromatic carbocycles. The Morgan fingerprint density at radius 2 is 2.05 bits per heavy atom. The van der Waals surface area contributed by atoms with Gasteiger partial charge in [0.05, 0.1) is 5.69 Å². The molecule has 3 N–H and O–H groups in total. The van der Waals surface area contributed by atoms with Crippen molar-refractivity contribution in [2.24, 2.45) is 5.84 Å². The molecule has 0 bridgehead atoms. The summed E-state index contributed by atoms with van der Waals surface area (Å²) in [5.74, 6) is 6.58. The summed E-state index contributed by atoms with van der Waals surface area (Å²) in [7, 11) is 0. The van der Waals surface area contributed by atoms with E-state index in [9.17, 15) is 0 Å². The number of fused-ring (bicyclic) bond motifs is 2. The Bertz CT molecular complexity index is 793. The van der Waals surface area contributed by atoms with Gasteiger partial charge in [-0.1, -0.05) is 6.07 Å². The van der Waals surface area contributed by atoms with Crippen molar-refractivity contribution in [2.45, 2.75) is 25.7 Å². The van der Waals surface area contributed by atoms with Gasteiger partial charge in [-0.3, -0.25) is 4.98 Å². The zero-order valence-electron chi connectivity index (χ0n) is 11.6. The molecule has 0 unspecified atom stereocenters. The van der Waals surface area contributed by atoms with Gasteiger partial charge in [0.25, 0.3) is 0 Å². The minimum Gasteiger partial charge on any atom is -0.308 e. The maximum Gasteiger partial charge on any atom is 0.158 e. The Balaban J connectivity index is 1.95. The Kier molecular flexibility index (Phi) is 2.82. The molecule has 0 amide bonds. The SMILES string of the molecule is NNc1c2c(nc3cc(-c4ccccn4)nn13)CCCC2. The highest BCUT2D eigenvalue weighted by Crippen LogP contribution is 2.28. The van der Waals surface area contributed by atoms with Crippen LogP contribution in [0.1, 0.15) is 24.1 Å². The van der Waals surface area contributed by atoms with E-state index in [1.54, 1.807) is 10.7 Å². The highest BCUT2D eigenvalue weighted by atomic mass is 15.4. The van der Waals surface area contributed by atoms with E-state index in [0.717, 1.165) is 41.4 Å². The van der Waals surface area contributed by atoms with Gasteiger partial charge >= 0.3 is 0 Å². The number of nitrogen functional groups attached to an aromatic ring is 1. The van der Waals surface area contributed by atoms with Gasteiger partial charge in [-0.25, -0.2) is 10.8 Å². The molecule has 0 atom stereocenters. The average molecular weight is 280 g/mol. The number of pyridine rings is 1. The van der Waals surface area contributed by atoms with E-state index < -0.39 is 0 Å². The minimum atomic E-state index is 0.807. The molecular formula is C15H16N6. The van der Waals surface area contributed by atoms with Crippen LogP contribution in [-0.2, 0) is 12.8 Å². The third-order valence-corrected chi connectivity index (χ3v) is 3.94. The summed E-state index contributed by atoms with van der Waals surface area (Å²) in [4.78, 5) is 9.09. The lowest BCUT2D eigenvalue weighted by Gasteiger charge is -2.18. The summed E-state index contributed by atoms with van der Waals surface area (Å²) >= 11 is 0. The lowest BCUT2D eigenvalue weighted by molar-refractivity contribution is 0.661. The molecule has 3 aromatic heterocycles. The van der Waals surface area contributed by atoms with Crippen molar-refractivity contribution in [3.63, 3.8) is 0 Å². The van der Waals surface area contributed by atoms with Crippen molar-refractivity contribution in [2.75, 3.05) is 5.43 Å². The molecule has 0 spiro atoms. The molecule has 0 fully saturated rings. The number of hydrazine groups is 1. The topological polar surface area (TPSA) is 81.1 Å². The van der Waals surface area contributed by atoms with E-state index in [4.69, 9.17) is 10.8 Å². The first-order valence-electron chi connectivity index (χ1n) is 7.16. The first kappa shape index (κ1) is 12.3. The van der Waals surface area contributed by atoms with Crippen LogP contribution in [0.15, 0.2) is 30.5 Å². The summed E-state index contributed by atoms with van der Waals surface area (Å²) in [6, 6.07) is 7.74. The van der Waals surface area contributed by atoms with Gasteiger partial charge in [-0.15, -0.1) is 0 Å². The molecule has 0 radical (unpaired) electrons. The summed E-state index contributed by atoms with van der Waals surface area (Å²) in [5, 5.41) is 4.61. The Hall–Kier alpha value is -2.47. The quantitative estimate of drug-likeness (QED) is 0.554. The van der Waals surface area contributed by atoms with Gasteiger partial charge in [0.2, 0.25) is 0 Å². The van der Waals surface area contributed by atoms with E-state index in [1.807, 2.05) is 24.3 Å². The monoisotopic (exact) mass is 280 g/mol. The molecule has 3 aromatic rings. The molecule has 3 heterocycles. The van der Waals surface area contributed by atoms with Crippen LogP contribution < -0.4 is 11.3 Å². The normalized spacial score (nSPS) is 14.1. The molecule has 6 nitrogen and oxygen atoms in total. The van der Waals surface area contributed by atoms with Gasteiger partial charge in [-0.2, -0.15) is 9.61 Å². The lowest BCUT2D eigenvalue weighted by atomic mass is 9.96. The number of anilines is 1. The second-order valence-corrected chi connectivity index (χ2v) is 5.25. The number of nitrogens with two attached hydrogens (primary N) is 1. The second kappa shape index (κ2) is 4.82. The standard InChI is InChI=1S/C15H16N6/c16-19-15-10-5-1-2-6-11(10)18-14-9-13(20-21(14)15)12-7-3-4-8-17-12/h3-4,7-9,19H,1-2,5-6,16H2. The molecule has 1 aliphatic rings. The third kappa shape index (κ3) is 1.95. The molecule has 106 valence electrons. The van der Waals surface area contributed by atoms with E-state index in [-0.39, 0.29) is 0 Å². The van der Waals surface area contributed by atoms with Gasteiger partial charge in [-0.05, 0) is 37.8 Å². The Labute approximate surface area is 122 Å². The summed E-state index contributed by atoms with van der Waals surface area (Å²) in [6.07, 6.45) is 6.12. The molecule has 1 aliphatic carbocycles.